The van der Waals surface area contributed by atoms with Crippen LogP contribution in [0, 0.1) is 17.8 Å². The first kappa shape index (κ1) is 12.6. The average Bonchev–Trinajstić information content (AvgIpc) is 2.75. The van der Waals surface area contributed by atoms with Crippen LogP contribution in [-0.2, 0) is 9.53 Å². The Balaban J connectivity index is 2.01. The molecule has 0 heterocycles. The van der Waals surface area contributed by atoms with E-state index < -0.39 is 30.2 Å². The van der Waals surface area contributed by atoms with Crippen molar-refractivity contribution in [1.29, 1.82) is 0 Å². The van der Waals surface area contributed by atoms with Gasteiger partial charge in [0, 0.05) is 12.8 Å². The SMILES string of the molecule is CC(=O)OC1CC2CC1CC2C(F)(F)C(F)F. The predicted octanol–water partition coefficient (Wildman–Crippen LogP) is 2.86. The van der Waals surface area contributed by atoms with Crippen molar-refractivity contribution < 1.29 is 27.1 Å². The zero-order chi connectivity index (χ0) is 12.8. The molecule has 2 bridgehead atoms. The fourth-order valence-electron chi connectivity index (χ4n) is 3.21. The minimum Gasteiger partial charge on any atom is -0.462 e. The fourth-order valence-corrected chi connectivity index (χ4v) is 3.21. The quantitative estimate of drug-likeness (QED) is 0.572. The molecule has 2 aliphatic rings. The first-order valence-corrected chi connectivity index (χ1v) is 5.65. The van der Waals surface area contributed by atoms with Gasteiger partial charge in [0.2, 0.25) is 0 Å². The first-order valence-electron chi connectivity index (χ1n) is 5.65. The molecule has 0 aromatic rings. The van der Waals surface area contributed by atoms with Crippen molar-refractivity contribution in [3.63, 3.8) is 0 Å². The molecule has 2 nitrogen and oxygen atoms in total. The zero-order valence-electron chi connectivity index (χ0n) is 9.34. The van der Waals surface area contributed by atoms with Gasteiger partial charge in [-0.25, -0.2) is 8.78 Å². The number of fused-ring (bicyclic) bond motifs is 2. The Morgan fingerprint density at radius 3 is 2.29 bits per heavy atom. The molecule has 4 unspecified atom stereocenters. The van der Waals surface area contributed by atoms with Crippen molar-refractivity contribution in [2.45, 2.75) is 44.6 Å². The lowest BCUT2D eigenvalue weighted by atomic mass is 9.83. The van der Waals surface area contributed by atoms with E-state index in [2.05, 4.69) is 0 Å². The summed E-state index contributed by atoms with van der Waals surface area (Å²) in [6, 6.07) is 0. The van der Waals surface area contributed by atoms with Gasteiger partial charge in [0.25, 0.3) is 0 Å². The standard InChI is InChI=1S/C11H14F4O2/c1-5(16)17-9-4-6-2-7(9)3-8(6)11(14,15)10(12)13/h6-10H,2-4H2,1H3. The first-order chi connectivity index (χ1) is 7.82. The second-order valence-electron chi connectivity index (χ2n) is 4.96. The van der Waals surface area contributed by atoms with Crippen LogP contribution in [0.3, 0.4) is 0 Å². The summed E-state index contributed by atoms with van der Waals surface area (Å²) < 4.78 is 56.0. The maximum atomic E-state index is 13.2. The highest BCUT2D eigenvalue weighted by Gasteiger charge is 2.59. The molecule has 17 heavy (non-hydrogen) atoms. The third-order valence-corrected chi connectivity index (χ3v) is 3.89. The number of halogens is 4. The number of ether oxygens (including phenoxy) is 1. The van der Waals surface area contributed by atoms with Crippen LogP contribution in [0.2, 0.25) is 0 Å². The zero-order valence-corrected chi connectivity index (χ0v) is 9.34. The summed E-state index contributed by atoms with van der Waals surface area (Å²) in [6.07, 6.45) is -3.19. The molecule has 2 rings (SSSR count). The van der Waals surface area contributed by atoms with Crippen molar-refractivity contribution in [1.82, 2.24) is 0 Å². The second kappa shape index (κ2) is 4.14. The number of hydrogen-bond donors (Lipinski definition) is 0. The van der Waals surface area contributed by atoms with E-state index in [1.807, 2.05) is 0 Å². The van der Waals surface area contributed by atoms with Crippen LogP contribution in [0.1, 0.15) is 26.2 Å². The maximum absolute atomic E-state index is 13.2. The second-order valence-corrected chi connectivity index (χ2v) is 4.96. The normalized spacial score (nSPS) is 36.6. The summed E-state index contributed by atoms with van der Waals surface area (Å²) in [6.45, 7) is 1.26. The molecule has 0 N–H and O–H groups in total. The van der Waals surface area contributed by atoms with E-state index in [1.165, 1.54) is 6.92 Å². The van der Waals surface area contributed by atoms with Gasteiger partial charge in [-0.1, -0.05) is 0 Å². The van der Waals surface area contributed by atoms with E-state index in [0.29, 0.717) is 6.42 Å². The number of alkyl halides is 4. The van der Waals surface area contributed by atoms with Gasteiger partial charge in [0.05, 0.1) is 0 Å². The lowest BCUT2D eigenvalue weighted by molar-refractivity contribution is -0.182. The summed E-state index contributed by atoms with van der Waals surface area (Å²) in [5.74, 6) is -6.26. The third-order valence-electron chi connectivity index (χ3n) is 3.89. The van der Waals surface area contributed by atoms with E-state index in [4.69, 9.17) is 4.74 Å². The topological polar surface area (TPSA) is 26.3 Å². The van der Waals surface area contributed by atoms with E-state index in [-0.39, 0.29) is 24.9 Å². The lowest BCUT2D eigenvalue weighted by Gasteiger charge is -2.32. The van der Waals surface area contributed by atoms with Crippen molar-refractivity contribution in [3.05, 3.63) is 0 Å². The summed E-state index contributed by atoms with van der Waals surface area (Å²) >= 11 is 0. The minimum absolute atomic E-state index is 0.0277. The number of hydrogen-bond acceptors (Lipinski definition) is 2. The molecular weight excluding hydrogens is 240 g/mol. The van der Waals surface area contributed by atoms with Gasteiger partial charge in [0.1, 0.15) is 6.10 Å². The molecule has 0 saturated heterocycles. The largest absolute Gasteiger partial charge is 0.462 e. The molecular formula is C11H14F4O2. The monoisotopic (exact) mass is 254 g/mol. The van der Waals surface area contributed by atoms with Crippen LogP contribution in [0.25, 0.3) is 0 Å². The minimum atomic E-state index is -3.92. The maximum Gasteiger partial charge on any atom is 0.310 e. The number of carbonyl (C=O) groups excluding carboxylic acids is 1. The van der Waals surface area contributed by atoms with E-state index >= 15 is 0 Å². The molecule has 0 amide bonds. The highest BCUT2D eigenvalue weighted by molar-refractivity contribution is 5.66. The van der Waals surface area contributed by atoms with Crippen LogP contribution in [-0.4, -0.2) is 24.4 Å². The summed E-state index contributed by atoms with van der Waals surface area (Å²) in [5, 5.41) is 0. The highest BCUT2D eigenvalue weighted by Crippen LogP contribution is 2.55. The molecule has 98 valence electrons. The van der Waals surface area contributed by atoms with Gasteiger partial charge in [-0.05, 0) is 31.1 Å². The van der Waals surface area contributed by atoms with Crippen molar-refractivity contribution in [2.24, 2.45) is 17.8 Å². The molecule has 0 aliphatic heterocycles. The van der Waals surface area contributed by atoms with Gasteiger partial charge >= 0.3 is 18.3 Å². The van der Waals surface area contributed by atoms with Crippen LogP contribution in [0.4, 0.5) is 17.6 Å². The van der Waals surface area contributed by atoms with Crippen LogP contribution in [0.15, 0.2) is 0 Å². The molecule has 0 aromatic carbocycles. The van der Waals surface area contributed by atoms with Gasteiger partial charge < -0.3 is 4.74 Å². The Bertz CT molecular complexity index is 319. The smallest absolute Gasteiger partial charge is 0.310 e. The number of carbonyl (C=O) groups is 1. The van der Waals surface area contributed by atoms with Crippen LogP contribution in [0.5, 0.6) is 0 Å². The van der Waals surface area contributed by atoms with E-state index in [0.717, 1.165) is 0 Å². The molecule has 0 aromatic heterocycles. The number of rotatable bonds is 3. The van der Waals surface area contributed by atoms with Crippen LogP contribution < -0.4 is 0 Å². The Morgan fingerprint density at radius 2 is 1.88 bits per heavy atom. The molecule has 2 saturated carbocycles. The summed E-state index contributed by atoms with van der Waals surface area (Å²) in [4.78, 5) is 10.8. The van der Waals surface area contributed by atoms with Gasteiger partial charge in [-0.15, -0.1) is 0 Å². The van der Waals surface area contributed by atoms with Crippen molar-refractivity contribution in [3.8, 4) is 0 Å². The molecule has 6 heteroatoms. The lowest BCUT2D eigenvalue weighted by Crippen LogP contribution is -2.41. The predicted molar refractivity (Wildman–Crippen MR) is 50.8 cm³/mol. The average molecular weight is 254 g/mol. The Labute approximate surface area is 96.3 Å². The summed E-state index contributed by atoms with van der Waals surface area (Å²) in [5.41, 5.74) is 0. The van der Waals surface area contributed by atoms with Crippen molar-refractivity contribution in [2.75, 3.05) is 0 Å². The molecule has 0 spiro atoms. The molecule has 4 atom stereocenters. The third kappa shape index (κ3) is 2.13. The fraction of sp³-hybridized carbons (Fsp3) is 0.909. The van der Waals surface area contributed by atoms with Gasteiger partial charge in [0.15, 0.2) is 0 Å². The van der Waals surface area contributed by atoms with Crippen molar-refractivity contribution >= 4 is 5.97 Å². The highest BCUT2D eigenvalue weighted by atomic mass is 19.3. The van der Waals surface area contributed by atoms with Gasteiger partial charge in [-0.2, -0.15) is 8.78 Å². The molecule has 2 aliphatic carbocycles. The number of esters is 1. The van der Waals surface area contributed by atoms with E-state index in [1.54, 1.807) is 0 Å². The summed E-state index contributed by atoms with van der Waals surface area (Å²) in [7, 11) is 0. The molecule has 2 fully saturated rings. The van der Waals surface area contributed by atoms with E-state index in [9.17, 15) is 22.4 Å². The Hall–Kier alpha value is -0.810. The Morgan fingerprint density at radius 1 is 1.24 bits per heavy atom. The van der Waals surface area contributed by atoms with Gasteiger partial charge in [-0.3, -0.25) is 4.79 Å². The molecule has 0 radical (unpaired) electrons. The van der Waals surface area contributed by atoms with Crippen LogP contribution >= 0.6 is 0 Å². The Kier molecular flexibility index (Phi) is 3.08.